The molecule has 0 radical (unpaired) electrons. The molecule has 4 amide bonds. The first-order valence-corrected chi connectivity index (χ1v) is 7.77. The Morgan fingerprint density at radius 2 is 1.84 bits per heavy atom. The summed E-state index contributed by atoms with van der Waals surface area (Å²) in [5, 5.41) is 3.69. The van der Waals surface area contributed by atoms with Crippen molar-refractivity contribution < 1.29 is 27.6 Å². The van der Waals surface area contributed by atoms with Crippen molar-refractivity contribution in [2.45, 2.75) is 6.18 Å². The topological polar surface area (TPSA) is 66.5 Å². The van der Waals surface area contributed by atoms with Gasteiger partial charge in [-0.1, -0.05) is 12.1 Å². The number of hydrogen-bond donors (Lipinski definition) is 1. The fraction of sp³-hybridized carbons (Fsp3) is 0.0625. The van der Waals surface area contributed by atoms with Gasteiger partial charge in [0.25, 0.3) is 11.8 Å². The molecule has 9 heteroatoms. The maximum absolute atomic E-state index is 12.9. The van der Waals surface area contributed by atoms with Gasteiger partial charge >= 0.3 is 12.2 Å². The van der Waals surface area contributed by atoms with E-state index in [-0.39, 0.29) is 11.3 Å². The summed E-state index contributed by atoms with van der Waals surface area (Å²) in [6.45, 7) is 0. The van der Waals surface area contributed by atoms with Crippen LogP contribution in [-0.2, 0) is 15.8 Å². The molecule has 0 bridgehead atoms. The molecule has 1 aliphatic heterocycles. The quantitative estimate of drug-likeness (QED) is 0.654. The van der Waals surface area contributed by atoms with Gasteiger partial charge < -0.3 is 0 Å². The maximum atomic E-state index is 12.9. The summed E-state index contributed by atoms with van der Waals surface area (Å²) < 4.78 is 38.6. The molecule has 25 heavy (non-hydrogen) atoms. The van der Waals surface area contributed by atoms with Gasteiger partial charge in [-0.3, -0.25) is 14.9 Å². The van der Waals surface area contributed by atoms with E-state index in [1.807, 2.05) is 5.32 Å². The molecule has 0 atom stereocenters. The average Bonchev–Trinajstić information content (AvgIpc) is 3.04. The zero-order valence-corrected chi connectivity index (χ0v) is 13.1. The Bertz CT molecular complexity index is 888. The Labute approximate surface area is 143 Å². The molecule has 0 spiro atoms. The molecule has 3 rings (SSSR count). The van der Waals surface area contributed by atoms with Gasteiger partial charge in [0.2, 0.25) is 0 Å². The van der Waals surface area contributed by atoms with Crippen LogP contribution in [0.3, 0.4) is 0 Å². The van der Waals surface area contributed by atoms with Crippen LogP contribution in [0.15, 0.2) is 47.4 Å². The summed E-state index contributed by atoms with van der Waals surface area (Å²) in [5.74, 6) is -1.88. The van der Waals surface area contributed by atoms with Crippen molar-refractivity contribution in [3.8, 4) is 0 Å². The first-order chi connectivity index (χ1) is 11.8. The number of carbonyl (C=O) groups is 3. The molecular weight excluding hydrogens is 357 g/mol. The molecule has 1 aliphatic rings. The van der Waals surface area contributed by atoms with Crippen LogP contribution in [-0.4, -0.2) is 17.8 Å². The van der Waals surface area contributed by atoms with E-state index in [9.17, 15) is 27.6 Å². The SMILES string of the molecule is O=C1NC(=O)N(c2cccc(C(F)(F)F)c2)C(=O)C1=Cc1cccs1. The standard InChI is InChI=1S/C16H9F3N2O3S/c17-16(18,19)9-3-1-4-10(7-9)21-14(23)12(13(22)20-15(21)24)8-11-5-2-6-25-11/h1-8H,(H,20,22,24). The maximum Gasteiger partial charge on any atom is 0.416 e. The van der Waals surface area contributed by atoms with Gasteiger partial charge in [-0.15, -0.1) is 11.3 Å². The lowest BCUT2D eigenvalue weighted by Crippen LogP contribution is -2.54. The third kappa shape index (κ3) is 3.31. The molecule has 1 N–H and O–H groups in total. The molecule has 1 saturated heterocycles. The molecule has 1 aromatic heterocycles. The van der Waals surface area contributed by atoms with Crippen LogP contribution in [0, 0.1) is 0 Å². The molecule has 5 nitrogen and oxygen atoms in total. The fourth-order valence-corrected chi connectivity index (χ4v) is 2.89. The van der Waals surface area contributed by atoms with E-state index in [4.69, 9.17) is 0 Å². The number of benzene rings is 1. The van der Waals surface area contributed by atoms with Gasteiger partial charge in [-0.05, 0) is 35.7 Å². The molecule has 0 aliphatic carbocycles. The summed E-state index contributed by atoms with van der Waals surface area (Å²) in [4.78, 5) is 37.6. The molecular formula is C16H9F3N2O3S. The minimum atomic E-state index is -4.63. The summed E-state index contributed by atoms with van der Waals surface area (Å²) in [7, 11) is 0. The Balaban J connectivity index is 2.03. The third-order valence-corrected chi connectivity index (χ3v) is 4.18. The van der Waals surface area contributed by atoms with Crippen molar-refractivity contribution in [3.05, 3.63) is 57.8 Å². The van der Waals surface area contributed by atoms with Crippen molar-refractivity contribution >= 4 is 40.9 Å². The third-order valence-electron chi connectivity index (χ3n) is 3.36. The largest absolute Gasteiger partial charge is 0.416 e. The van der Waals surface area contributed by atoms with Crippen LogP contribution in [0.4, 0.5) is 23.7 Å². The fourth-order valence-electron chi connectivity index (χ4n) is 2.23. The predicted molar refractivity (Wildman–Crippen MR) is 84.8 cm³/mol. The van der Waals surface area contributed by atoms with Crippen molar-refractivity contribution in [3.63, 3.8) is 0 Å². The highest BCUT2D eigenvalue weighted by Crippen LogP contribution is 2.32. The van der Waals surface area contributed by atoms with Crippen molar-refractivity contribution in [1.29, 1.82) is 0 Å². The molecule has 1 fully saturated rings. The Hall–Kier alpha value is -2.94. The minimum absolute atomic E-state index is 0.276. The molecule has 1 aromatic carbocycles. The highest BCUT2D eigenvalue weighted by Gasteiger charge is 2.38. The van der Waals surface area contributed by atoms with Gasteiger partial charge in [0, 0.05) is 4.88 Å². The van der Waals surface area contributed by atoms with Crippen LogP contribution < -0.4 is 10.2 Å². The summed E-state index contributed by atoms with van der Waals surface area (Å²) >= 11 is 1.26. The number of barbiturate groups is 1. The number of nitrogens with one attached hydrogen (secondary N) is 1. The number of rotatable bonds is 2. The Morgan fingerprint density at radius 1 is 1.08 bits per heavy atom. The number of halogens is 3. The number of alkyl halides is 3. The van der Waals surface area contributed by atoms with Crippen molar-refractivity contribution in [2.75, 3.05) is 4.90 Å². The van der Waals surface area contributed by atoms with Crippen LogP contribution in [0.1, 0.15) is 10.4 Å². The van der Waals surface area contributed by atoms with Gasteiger partial charge in [-0.25, -0.2) is 9.69 Å². The molecule has 0 unspecified atom stereocenters. The van der Waals surface area contributed by atoms with Gasteiger partial charge in [0.15, 0.2) is 0 Å². The lowest BCUT2D eigenvalue weighted by atomic mass is 10.1. The van der Waals surface area contributed by atoms with E-state index in [1.54, 1.807) is 17.5 Å². The molecule has 0 saturated carbocycles. The highest BCUT2D eigenvalue weighted by atomic mass is 32.1. The second kappa shape index (κ2) is 6.17. The van der Waals surface area contributed by atoms with Crippen LogP contribution in [0.25, 0.3) is 6.08 Å². The molecule has 2 heterocycles. The van der Waals surface area contributed by atoms with Crippen LogP contribution in [0.2, 0.25) is 0 Å². The first kappa shape index (κ1) is 16.9. The van der Waals surface area contributed by atoms with Crippen LogP contribution in [0.5, 0.6) is 0 Å². The zero-order valence-electron chi connectivity index (χ0n) is 12.3. The second-order valence-corrected chi connectivity index (χ2v) is 6.00. The van der Waals surface area contributed by atoms with E-state index < -0.39 is 29.6 Å². The zero-order chi connectivity index (χ0) is 18.2. The summed E-state index contributed by atoms with van der Waals surface area (Å²) in [5.41, 5.74) is -1.62. The molecule has 128 valence electrons. The van der Waals surface area contributed by atoms with Gasteiger partial charge in [0.1, 0.15) is 5.57 Å². The number of amides is 4. The Morgan fingerprint density at radius 3 is 2.48 bits per heavy atom. The van der Waals surface area contributed by atoms with E-state index in [2.05, 4.69) is 0 Å². The summed E-state index contributed by atoms with van der Waals surface area (Å²) in [6, 6.07) is 6.03. The lowest BCUT2D eigenvalue weighted by molar-refractivity contribution is -0.137. The normalized spacial score (nSPS) is 17.2. The van der Waals surface area contributed by atoms with E-state index in [0.29, 0.717) is 15.8 Å². The van der Waals surface area contributed by atoms with Gasteiger partial charge in [-0.2, -0.15) is 13.2 Å². The van der Waals surface area contributed by atoms with Crippen molar-refractivity contribution in [2.24, 2.45) is 0 Å². The van der Waals surface area contributed by atoms with E-state index >= 15 is 0 Å². The first-order valence-electron chi connectivity index (χ1n) is 6.89. The number of urea groups is 1. The number of nitrogens with zero attached hydrogens (tertiary/aromatic N) is 1. The molecule has 2 aromatic rings. The van der Waals surface area contributed by atoms with Crippen molar-refractivity contribution in [1.82, 2.24) is 5.32 Å². The number of carbonyl (C=O) groups excluding carboxylic acids is 3. The number of imide groups is 2. The average molecular weight is 366 g/mol. The lowest BCUT2D eigenvalue weighted by Gasteiger charge is -2.26. The van der Waals surface area contributed by atoms with Gasteiger partial charge in [0.05, 0.1) is 11.3 Å². The number of hydrogen-bond acceptors (Lipinski definition) is 4. The second-order valence-electron chi connectivity index (χ2n) is 5.02. The smallest absolute Gasteiger partial charge is 0.273 e. The monoisotopic (exact) mass is 366 g/mol. The van der Waals surface area contributed by atoms with E-state index in [0.717, 1.165) is 12.1 Å². The minimum Gasteiger partial charge on any atom is -0.273 e. The number of anilines is 1. The van der Waals surface area contributed by atoms with Crippen LogP contribution >= 0.6 is 11.3 Å². The highest BCUT2D eigenvalue weighted by molar-refractivity contribution is 7.10. The predicted octanol–water partition coefficient (Wildman–Crippen LogP) is 3.43. The number of thiophene rings is 1. The van der Waals surface area contributed by atoms with E-state index in [1.165, 1.54) is 23.5 Å². The summed E-state index contributed by atoms with van der Waals surface area (Å²) in [6.07, 6.45) is -3.34. The Kier molecular flexibility index (Phi) is 4.17.